The van der Waals surface area contributed by atoms with Gasteiger partial charge in [-0.3, -0.25) is 4.79 Å². The van der Waals surface area contributed by atoms with Gasteiger partial charge < -0.3 is 24.3 Å². The molecule has 6 nitrogen and oxygen atoms in total. The summed E-state index contributed by atoms with van der Waals surface area (Å²) in [4.78, 5) is 12.2. The Morgan fingerprint density at radius 2 is 2.11 bits per heavy atom. The quantitative estimate of drug-likeness (QED) is 0.286. The van der Waals surface area contributed by atoms with Crippen molar-refractivity contribution in [1.82, 2.24) is 5.32 Å². The first-order valence-corrected chi connectivity index (χ1v) is 10.2. The summed E-state index contributed by atoms with van der Waals surface area (Å²) in [5.41, 5.74) is 0.816. The van der Waals surface area contributed by atoms with Gasteiger partial charge in [-0.1, -0.05) is 18.6 Å². The second-order valence-electron chi connectivity index (χ2n) is 8.58. The van der Waals surface area contributed by atoms with Crippen LogP contribution in [0.5, 0.6) is 0 Å². The Bertz CT molecular complexity index is 569. The van der Waals surface area contributed by atoms with Crippen LogP contribution in [-0.2, 0) is 23.7 Å². The molecule has 1 spiro atoms. The molecule has 154 valence electrons. The van der Waals surface area contributed by atoms with Crippen molar-refractivity contribution in [3.8, 4) is 0 Å². The van der Waals surface area contributed by atoms with Crippen LogP contribution in [0.1, 0.15) is 53.4 Å². The normalized spacial score (nSPS) is 39.9. The molecule has 0 bridgehead atoms. The van der Waals surface area contributed by atoms with E-state index in [9.17, 15) is 4.79 Å². The van der Waals surface area contributed by atoms with Crippen molar-refractivity contribution in [2.24, 2.45) is 5.92 Å². The van der Waals surface area contributed by atoms with E-state index >= 15 is 0 Å². The molecular formula is C21H35NO5. The molecule has 2 aliphatic heterocycles. The van der Waals surface area contributed by atoms with E-state index < -0.39 is 0 Å². The van der Waals surface area contributed by atoms with Gasteiger partial charge in [-0.05, 0) is 53.0 Å². The zero-order chi connectivity index (χ0) is 19.7. The van der Waals surface area contributed by atoms with Crippen LogP contribution in [0.25, 0.3) is 0 Å². The highest BCUT2D eigenvalue weighted by Gasteiger charge is 2.72. The fourth-order valence-corrected chi connectivity index (χ4v) is 4.65. The molecule has 3 aliphatic rings. The number of hydrogen-bond donors (Lipinski definition) is 1. The zero-order valence-corrected chi connectivity index (χ0v) is 17.4. The monoisotopic (exact) mass is 381 g/mol. The van der Waals surface area contributed by atoms with Crippen LogP contribution >= 0.6 is 0 Å². The number of methoxy groups -OCH3 is 1. The standard InChI is InChI=1S/C21H35NO5/c1-6-11-22-12-17(23)26-15-9-10-21(13-25-21)19(18(15)24-5)20(4)16(27-20)8-7-14(2)3/h7,15-16,18-19,22H,6,8-13H2,1-5H3. The summed E-state index contributed by atoms with van der Waals surface area (Å²) in [6, 6.07) is 0. The van der Waals surface area contributed by atoms with E-state index in [-0.39, 0.29) is 47.9 Å². The zero-order valence-electron chi connectivity index (χ0n) is 17.4. The molecule has 3 rings (SSSR count). The number of rotatable bonds is 9. The molecule has 0 aromatic rings. The minimum atomic E-state index is -0.297. The first-order valence-electron chi connectivity index (χ1n) is 10.2. The summed E-state index contributed by atoms with van der Waals surface area (Å²) in [5, 5.41) is 3.10. The van der Waals surface area contributed by atoms with Gasteiger partial charge >= 0.3 is 5.97 Å². The second-order valence-corrected chi connectivity index (χ2v) is 8.58. The molecule has 1 N–H and O–H groups in total. The van der Waals surface area contributed by atoms with Crippen LogP contribution in [0.2, 0.25) is 0 Å². The SMILES string of the molecule is CCCNCC(=O)OC1CCC2(CO2)C(C2(C)OC2CC=C(C)C)C1OC. The summed E-state index contributed by atoms with van der Waals surface area (Å²) < 4.78 is 23.8. The van der Waals surface area contributed by atoms with Gasteiger partial charge in [-0.15, -0.1) is 0 Å². The Kier molecular flexibility index (Phi) is 6.31. The molecule has 0 aromatic heterocycles. The predicted molar refractivity (Wildman–Crippen MR) is 103 cm³/mol. The lowest BCUT2D eigenvalue weighted by molar-refractivity contribution is -0.170. The van der Waals surface area contributed by atoms with Crippen LogP contribution in [0.3, 0.4) is 0 Å². The maximum absolute atomic E-state index is 12.2. The molecule has 0 amide bonds. The van der Waals surface area contributed by atoms with Gasteiger partial charge in [-0.25, -0.2) is 0 Å². The average Bonchev–Trinajstić information content (AvgIpc) is 3.53. The van der Waals surface area contributed by atoms with E-state index in [1.165, 1.54) is 5.57 Å². The predicted octanol–water partition coefficient (Wildman–Crippen LogP) is 2.61. The van der Waals surface area contributed by atoms with Crippen LogP contribution in [0.4, 0.5) is 0 Å². The Morgan fingerprint density at radius 1 is 1.37 bits per heavy atom. The van der Waals surface area contributed by atoms with Crippen molar-refractivity contribution >= 4 is 5.97 Å². The van der Waals surface area contributed by atoms with Crippen LogP contribution in [-0.4, -0.2) is 62.3 Å². The number of esters is 1. The van der Waals surface area contributed by atoms with Crippen LogP contribution in [0.15, 0.2) is 11.6 Å². The fraction of sp³-hybridized carbons (Fsp3) is 0.857. The lowest BCUT2D eigenvalue weighted by Gasteiger charge is -2.42. The highest BCUT2D eigenvalue weighted by atomic mass is 16.6. The molecule has 2 saturated heterocycles. The van der Waals surface area contributed by atoms with E-state index in [0.717, 1.165) is 38.8 Å². The van der Waals surface area contributed by atoms with Gasteiger partial charge in [0, 0.05) is 7.11 Å². The van der Waals surface area contributed by atoms with Gasteiger partial charge in [0.2, 0.25) is 0 Å². The maximum Gasteiger partial charge on any atom is 0.320 e. The van der Waals surface area contributed by atoms with E-state index in [1.807, 2.05) is 0 Å². The number of carbonyl (C=O) groups excluding carboxylic acids is 1. The number of epoxide rings is 2. The number of nitrogens with one attached hydrogen (secondary N) is 1. The lowest BCUT2D eigenvalue weighted by Crippen LogP contribution is -2.56. The van der Waals surface area contributed by atoms with Crippen molar-refractivity contribution in [2.75, 3.05) is 26.8 Å². The van der Waals surface area contributed by atoms with E-state index in [2.05, 4.69) is 39.1 Å². The number of ether oxygens (including phenoxy) is 4. The van der Waals surface area contributed by atoms with E-state index in [4.69, 9.17) is 18.9 Å². The fourth-order valence-electron chi connectivity index (χ4n) is 4.65. The summed E-state index contributed by atoms with van der Waals surface area (Å²) in [5.74, 6) is -0.148. The van der Waals surface area contributed by atoms with Crippen molar-refractivity contribution in [3.63, 3.8) is 0 Å². The molecule has 1 saturated carbocycles. The Labute approximate surface area is 162 Å². The summed E-state index contributed by atoms with van der Waals surface area (Å²) >= 11 is 0. The molecule has 27 heavy (non-hydrogen) atoms. The Morgan fingerprint density at radius 3 is 2.70 bits per heavy atom. The second kappa shape index (κ2) is 8.19. The molecule has 1 aliphatic carbocycles. The number of allylic oxidation sites excluding steroid dienone is 1. The van der Waals surface area contributed by atoms with Crippen LogP contribution < -0.4 is 5.32 Å². The topological polar surface area (TPSA) is 72.6 Å². The third-order valence-corrected chi connectivity index (χ3v) is 6.22. The average molecular weight is 382 g/mol. The van der Waals surface area contributed by atoms with Crippen molar-refractivity contribution in [1.29, 1.82) is 0 Å². The molecule has 0 aromatic carbocycles. The third-order valence-electron chi connectivity index (χ3n) is 6.22. The van der Waals surface area contributed by atoms with Gasteiger partial charge in [-0.2, -0.15) is 0 Å². The maximum atomic E-state index is 12.2. The smallest absolute Gasteiger partial charge is 0.320 e. The minimum Gasteiger partial charge on any atom is -0.459 e. The summed E-state index contributed by atoms with van der Waals surface area (Å²) in [6.45, 7) is 10.2. The molecule has 3 fully saturated rings. The molecule has 6 unspecified atom stereocenters. The Hall–Kier alpha value is -0.950. The summed E-state index contributed by atoms with van der Waals surface area (Å²) in [6.07, 6.45) is 5.45. The first-order chi connectivity index (χ1) is 12.9. The van der Waals surface area contributed by atoms with Crippen molar-refractivity contribution in [2.45, 2.75) is 82.9 Å². The van der Waals surface area contributed by atoms with Gasteiger partial charge in [0.05, 0.1) is 25.2 Å². The third kappa shape index (κ3) is 4.39. The first kappa shape index (κ1) is 20.8. The van der Waals surface area contributed by atoms with Crippen molar-refractivity contribution < 1.29 is 23.7 Å². The van der Waals surface area contributed by atoms with Gasteiger partial charge in [0.25, 0.3) is 0 Å². The largest absolute Gasteiger partial charge is 0.459 e. The van der Waals surface area contributed by atoms with Gasteiger partial charge in [0.15, 0.2) is 0 Å². The molecule has 6 atom stereocenters. The summed E-state index contributed by atoms with van der Waals surface area (Å²) in [7, 11) is 1.70. The highest BCUT2D eigenvalue weighted by Crippen LogP contribution is 2.59. The minimum absolute atomic E-state index is 0.0701. The highest BCUT2D eigenvalue weighted by molar-refractivity contribution is 5.71. The molecule has 6 heteroatoms. The molecule has 0 radical (unpaired) electrons. The molecular weight excluding hydrogens is 346 g/mol. The van der Waals surface area contributed by atoms with E-state index in [0.29, 0.717) is 0 Å². The molecule has 2 heterocycles. The Balaban J connectivity index is 1.68. The van der Waals surface area contributed by atoms with E-state index in [1.54, 1.807) is 7.11 Å². The number of carbonyl (C=O) groups is 1. The van der Waals surface area contributed by atoms with Crippen LogP contribution in [0, 0.1) is 5.92 Å². The van der Waals surface area contributed by atoms with Gasteiger partial charge in [0.1, 0.15) is 23.4 Å². The van der Waals surface area contributed by atoms with Crippen molar-refractivity contribution in [3.05, 3.63) is 11.6 Å². The lowest BCUT2D eigenvalue weighted by atomic mass is 9.68. The number of hydrogen-bond acceptors (Lipinski definition) is 6.